The monoisotopic (exact) mass is 512 g/mol. The SMILES string of the molecule is O=COCCOCCOCCOCCNCCCOCCNCCOCCOCCOCC(=O)O. The molecule has 35 heavy (non-hydrogen) atoms. The summed E-state index contributed by atoms with van der Waals surface area (Å²) in [6.07, 6.45) is 0.936. The van der Waals surface area contributed by atoms with E-state index < -0.39 is 5.97 Å². The van der Waals surface area contributed by atoms with Gasteiger partial charge in [0.2, 0.25) is 0 Å². The fourth-order valence-corrected chi connectivity index (χ4v) is 2.38. The van der Waals surface area contributed by atoms with Crippen LogP contribution < -0.4 is 10.6 Å². The van der Waals surface area contributed by atoms with Crippen LogP contribution in [0.15, 0.2) is 0 Å². The summed E-state index contributed by atoms with van der Waals surface area (Å²) >= 11 is 0. The summed E-state index contributed by atoms with van der Waals surface area (Å²) in [5.74, 6) is -0.986. The van der Waals surface area contributed by atoms with Crippen LogP contribution in [0.4, 0.5) is 0 Å². The predicted molar refractivity (Wildman–Crippen MR) is 126 cm³/mol. The highest BCUT2D eigenvalue weighted by Crippen LogP contribution is 1.84. The van der Waals surface area contributed by atoms with Gasteiger partial charge < -0.3 is 53.6 Å². The summed E-state index contributed by atoms with van der Waals surface area (Å²) in [4.78, 5) is 20.2. The number of carboxylic acid groups (broad SMARTS) is 1. The van der Waals surface area contributed by atoms with E-state index in [1.54, 1.807) is 0 Å². The van der Waals surface area contributed by atoms with Crippen molar-refractivity contribution >= 4 is 12.4 Å². The van der Waals surface area contributed by atoms with Crippen LogP contribution in [0.5, 0.6) is 0 Å². The number of carbonyl (C=O) groups excluding carboxylic acids is 1. The molecule has 0 unspecified atom stereocenters. The summed E-state index contributed by atoms with van der Waals surface area (Å²) in [5.41, 5.74) is 0. The average Bonchev–Trinajstić information content (AvgIpc) is 2.85. The molecule has 208 valence electrons. The molecule has 0 aromatic carbocycles. The molecular formula is C22H44N2O11. The molecule has 0 aliphatic rings. The van der Waals surface area contributed by atoms with Gasteiger partial charge in [-0.05, 0) is 13.0 Å². The van der Waals surface area contributed by atoms with Crippen molar-refractivity contribution in [3.63, 3.8) is 0 Å². The van der Waals surface area contributed by atoms with Crippen LogP contribution in [0.25, 0.3) is 0 Å². The lowest BCUT2D eigenvalue weighted by atomic mass is 10.4. The molecule has 0 aromatic heterocycles. The summed E-state index contributed by atoms with van der Waals surface area (Å²) in [7, 11) is 0. The van der Waals surface area contributed by atoms with Crippen LogP contribution in [0, 0.1) is 0 Å². The Kier molecular flexibility index (Phi) is 29.4. The number of hydrogen-bond donors (Lipinski definition) is 3. The predicted octanol–water partition coefficient (Wildman–Crippen LogP) is -1.07. The van der Waals surface area contributed by atoms with Crippen LogP contribution in [0.3, 0.4) is 0 Å². The second-order valence-corrected chi connectivity index (χ2v) is 6.94. The van der Waals surface area contributed by atoms with E-state index in [-0.39, 0.29) is 19.8 Å². The van der Waals surface area contributed by atoms with Crippen molar-refractivity contribution in [3.8, 4) is 0 Å². The molecular weight excluding hydrogens is 468 g/mol. The van der Waals surface area contributed by atoms with Crippen LogP contribution in [0.1, 0.15) is 6.42 Å². The smallest absolute Gasteiger partial charge is 0.329 e. The molecule has 13 heteroatoms. The van der Waals surface area contributed by atoms with Crippen LogP contribution >= 0.6 is 0 Å². The normalized spacial score (nSPS) is 11.1. The molecule has 0 radical (unpaired) electrons. The van der Waals surface area contributed by atoms with Gasteiger partial charge in [0.1, 0.15) is 13.2 Å². The zero-order valence-electron chi connectivity index (χ0n) is 20.7. The maximum Gasteiger partial charge on any atom is 0.329 e. The maximum atomic E-state index is 10.2. The minimum Gasteiger partial charge on any atom is -0.480 e. The molecule has 0 saturated carbocycles. The second-order valence-electron chi connectivity index (χ2n) is 6.94. The Morgan fingerprint density at radius 3 is 1.43 bits per heavy atom. The molecule has 0 heterocycles. The number of hydrogen-bond acceptors (Lipinski definition) is 12. The first-order valence-electron chi connectivity index (χ1n) is 12.0. The number of carbonyl (C=O) groups is 2. The van der Waals surface area contributed by atoms with Crippen molar-refractivity contribution in [2.24, 2.45) is 0 Å². The van der Waals surface area contributed by atoms with E-state index in [1.807, 2.05) is 0 Å². The Hall–Kier alpha value is -1.42. The fraction of sp³-hybridized carbons (Fsp3) is 0.909. The van der Waals surface area contributed by atoms with E-state index in [0.717, 1.165) is 32.6 Å². The van der Waals surface area contributed by atoms with E-state index in [1.165, 1.54) is 0 Å². The Balaban J connectivity index is 3.02. The Morgan fingerprint density at radius 1 is 0.543 bits per heavy atom. The van der Waals surface area contributed by atoms with Gasteiger partial charge in [0.15, 0.2) is 0 Å². The molecule has 0 bridgehead atoms. The molecule has 13 nitrogen and oxygen atoms in total. The van der Waals surface area contributed by atoms with Gasteiger partial charge in [0.05, 0.1) is 79.3 Å². The highest BCUT2D eigenvalue weighted by atomic mass is 16.6. The van der Waals surface area contributed by atoms with E-state index in [2.05, 4.69) is 15.4 Å². The van der Waals surface area contributed by atoms with Crippen molar-refractivity contribution in [1.29, 1.82) is 0 Å². The molecule has 0 spiro atoms. The molecule has 0 amide bonds. The summed E-state index contributed by atoms with van der Waals surface area (Å²) in [6, 6.07) is 0. The number of aliphatic carboxylic acids is 1. The number of rotatable bonds is 31. The van der Waals surface area contributed by atoms with E-state index in [0.29, 0.717) is 85.8 Å². The first-order valence-corrected chi connectivity index (χ1v) is 12.0. The minimum absolute atomic E-state index is 0.260. The van der Waals surface area contributed by atoms with Gasteiger partial charge in [-0.15, -0.1) is 0 Å². The number of carboxylic acids is 1. The third kappa shape index (κ3) is 32.6. The minimum atomic E-state index is -0.986. The van der Waals surface area contributed by atoms with Gasteiger partial charge >= 0.3 is 5.97 Å². The van der Waals surface area contributed by atoms with Gasteiger partial charge in [-0.3, -0.25) is 4.79 Å². The second kappa shape index (κ2) is 30.6. The largest absolute Gasteiger partial charge is 0.480 e. The van der Waals surface area contributed by atoms with Crippen LogP contribution in [-0.4, -0.2) is 143 Å². The molecule has 0 fully saturated rings. The third-order valence-corrected chi connectivity index (χ3v) is 4.04. The highest BCUT2D eigenvalue weighted by molar-refractivity contribution is 5.67. The zero-order chi connectivity index (χ0) is 25.5. The Bertz CT molecular complexity index is 448. The van der Waals surface area contributed by atoms with Gasteiger partial charge in [0, 0.05) is 26.2 Å². The van der Waals surface area contributed by atoms with Gasteiger partial charge in [-0.2, -0.15) is 0 Å². The number of ether oxygens (including phenoxy) is 8. The van der Waals surface area contributed by atoms with Crippen molar-refractivity contribution in [2.45, 2.75) is 6.42 Å². The maximum absolute atomic E-state index is 10.2. The van der Waals surface area contributed by atoms with Crippen molar-refractivity contribution in [3.05, 3.63) is 0 Å². The van der Waals surface area contributed by atoms with Crippen molar-refractivity contribution in [2.75, 3.05) is 125 Å². The molecule has 0 aliphatic heterocycles. The van der Waals surface area contributed by atoms with Crippen LogP contribution in [0.2, 0.25) is 0 Å². The molecule has 0 saturated heterocycles. The summed E-state index contributed by atoms with van der Waals surface area (Å²) in [5, 5.41) is 14.9. The molecule has 0 aromatic rings. The van der Waals surface area contributed by atoms with Crippen molar-refractivity contribution in [1.82, 2.24) is 10.6 Å². The Morgan fingerprint density at radius 2 is 0.943 bits per heavy atom. The van der Waals surface area contributed by atoms with Gasteiger partial charge in [-0.1, -0.05) is 0 Å². The molecule has 0 aliphatic carbocycles. The highest BCUT2D eigenvalue weighted by Gasteiger charge is 1.97. The first kappa shape index (κ1) is 33.6. The lowest BCUT2D eigenvalue weighted by Crippen LogP contribution is -2.25. The Labute approximate surface area is 208 Å². The number of nitrogens with one attached hydrogen (secondary N) is 2. The van der Waals surface area contributed by atoms with Gasteiger partial charge in [0.25, 0.3) is 6.47 Å². The van der Waals surface area contributed by atoms with Gasteiger partial charge in [-0.25, -0.2) is 4.79 Å². The van der Waals surface area contributed by atoms with E-state index in [9.17, 15) is 9.59 Å². The topological polar surface area (TPSA) is 152 Å². The zero-order valence-corrected chi connectivity index (χ0v) is 20.7. The summed E-state index contributed by atoms with van der Waals surface area (Å²) < 4.78 is 41.6. The fourth-order valence-electron chi connectivity index (χ4n) is 2.38. The quantitative estimate of drug-likeness (QED) is 0.0764. The lowest BCUT2D eigenvalue weighted by Gasteiger charge is -2.09. The lowest BCUT2D eigenvalue weighted by molar-refractivity contribution is -0.142. The molecule has 0 atom stereocenters. The first-order chi connectivity index (χ1) is 17.3. The van der Waals surface area contributed by atoms with E-state index >= 15 is 0 Å². The van der Waals surface area contributed by atoms with Crippen LogP contribution in [-0.2, 0) is 47.5 Å². The van der Waals surface area contributed by atoms with Crippen molar-refractivity contribution < 1.29 is 52.6 Å². The molecule has 0 rings (SSSR count). The summed E-state index contributed by atoms with van der Waals surface area (Å²) in [6.45, 7) is 10.0. The van der Waals surface area contributed by atoms with E-state index in [4.69, 9.17) is 38.3 Å². The third-order valence-electron chi connectivity index (χ3n) is 4.04. The molecule has 3 N–H and O–H groups in total. The standard InChI is InChI=1S/C22H44N2O11/c25-21-35-19-17-33-15-14-31-12-10-29-8-3-23-2-1-6-28-7-4-24-5-9-30-11-13-32-16-18-34-20-22(26)27/h21,23-24H,1-20H2,(H,26,27). The average molecular weight is 513 g/mol.